The normalized spacial score (nSPS) is 34.2. The van der Waals surface area contributed by atoms with E-state index in [2.05, 4.69) is 33.5 Å². The Kier molecular flexibility index (Phi) is 4.44. The number of hydrogen-bond donors (Lipinski definition) is 4. The summed E-state index contributed by atoms with van der Waals surface area (Å²) < 4.78 is 126. The van der Waals surface area contributed by atoms with Gasteiger partial charge in [-0.05, 0) is 0 Å². The van der Waals surface area contributed by atoms with Gasteiger partial charge < -0.3 is 20.4 Å². The average molecular weight is 540 g/mol. The summed E-state index contributed by atoms with van der Waals surface area (Å²) in [5, 5.41) is 38.1. The molecule has 4 rings (SSSR count). The zero-order valence-corrected chi connectivity index (χ0v) is 17.1. The molecule has 0 spiro atoms. The van der Waals surface area contributed by atoms with Crippen molar-refractivity contribution in [3.05, 3.63) is 0 Å². The molecule has 31 heavy (non-hydrogen) atoms. The summed E-state index contributed by atoms with van der Waals surface area (Å²) in [4.78, 5) is 0. The highest BCUT2D eigenvalue weighted by Crippen LogP contribution is 2.67. The van der Waals surface area contributed by atoms with Crippen LogP contribution in [0.4, 0.5) is 0 Å². The first-order chi connectivity index (χ1) is 13.7. The minimum Gasteiger partial charge on any atom is -0.396 e. The fraction of sp³-hybridized carbons (Fsp3) is 1.00. The molecule has 4 aliphatic heterocycles. The molecule has 24 heteroatoms. The van der Waals surface area contributed by atoms with Crippen LogP contribution < -0.4 is 0 Å². The van der Waals surface area contributed by atoms with Crippen LogP contribution >= 0.6 is 0 Å². The van der Waals surface area contributed by atoms with E-state index in [1.807, 2.05) is 0 Å². The largest absolute Gasteiger partial charge is 0.406 e. The van der Waals surface area contributed by atoms with Gasteiger partial charge in [-0.1, -0.05) is 0 Å². The van der Waals surface area contributed by atoms with Gasteiger partial charge in [0.25, 0.3) is 5.79 Å². The predicted octanol–water partition coefficient (Wildman–Crippen LogP) is -6.05. The molecular weight excluding hydrogens is 532 g/mol. The Hall–Kier alpha value is -0.680. The van der Waals surface area contributed by atoms with E-state index in [0.29, 0.717) is 0 Å². The van der Waals surface area contributed by atoms with Crippen LogP contribution in [-0.4, -0.2) is 89.8 Å². The summed E-state index contributed by atoms with van der Waals surface area (Å²) >= 11 is 0. The maximum Gasteiger partial charge on any atom is 0.406 e. The van der Waals surface area contributed by atoms with Crippen molar-refractivity contribution in [1.29, 1.82) is 0 Å². The van der Waals surface area contributed by atoms with E-state index in [9.17, 15) is 54.1 Å². The summed E-state index contributed by atoms with van der Waals surface area (Å²) in [6.07, 6.45) is -1.17. The number of hydrogen-bond acceptors (Lipinski definition) is 20. The highest BCUT2D eigenvalue weighted by Gasteiger charge is 2.99. The molecule has 0 radical (unpaired) electrons. The van der Waals surface area contributed by atoms with Gasteiger partial charge >= 0.3 is 64.9 Å². The minimum absolute atomic E-state index is 1.15. The van der Waals surface area contributed by atoms with Crippen LogP contribution in [0.25, 0.3) is 0 Å². The van der Waals surface area contributed by atoms with Gasteiger partial charge in [0, 0.05) is 13.0 Å². The van der Waals surface area contributed by atoms with Crippen LogP contribution in [0.2, 0.25) is 0 Å². The number of aliphatic hydroxyl groups is 4. The summed E-state index contributed by atoms with van der Waals surface area (Å²) in [6, 6.07) is 0. The van der Waals surface area contributed by atoms with E-state index in [0.717, 1.165) is 0 Å². The van der Waals surface area contributed by atoms with Gasteiger partial charge in [-0.15, -0.1) is 0 Å². The second kappa shape index (κ2) is 5.87. The molecule has 4 N–H and O–H groups in total. The Morgan fingerprint density at radius 3 is 1.23 bits per heavy atom. The summed E-state index contributed by atoms with van der Waals surface area (Å²) in [5.74, 6) is -20.0. The minimum atomic E-state index is -5.30. The zero-order valence-electron chi connectivity index (χ0n) is 13.9. The summed E-state index contributed by atoms with van der Waals surface area (Å²) in [5.41, 5.74) is 0. The standard InChI is InChI=1S/C7H8O20S4/c8-2-1-3(20-28(12,13)21-3)4(22-29(14,15)23-4)5(24-30(16,17)25-5)6(7(9,10)11)26-31(18,19)27-6/h8-11H,1-2H2. The van der Waals surface area contributed by atoms with Crippen LogP contribution in [-0.2, 0) is 75.1 Å². The molecule has 0 bridgehead atoms. The lowest BCUT2D eigenvalue weighted by Gasteiger charge is -2.65. The molecule has 0 saturated carbocycles. The third-order valence-corrected chi connectivity index (χ3v) is 7.62. The molecule has 0 aromatic carbocycles. The molecule has 4 saturated heterocycles. The van der Waals surface area contributed by atoms with Crippen molar-refractivity contribution in [1.82, 2.24) is 0 Å². The fourth-order valence-corrected chi connectivity index (χ4v) is 7.26. The maximum absolute atomic E-state index is 11.6. The molecule has 0 aromatic heterocycles. The van der Waals surface area contributed by atoms with Crippen molar-refractivity contribution in [2.24, 2.45) is 0 Å². The van der Waals surface area contributed by atoms with Crippen LogP contribution in [0.5, 0.6) is 0 Å². The monoisotopic (exact) mass is 540 g/mol. The molecule has 0 aliphatic carbocycles. The van der Waals surface area contributed by atoms with Crippen molar-refractivity contribution in [2.45, 2.75) is 35.5 Å². The Bertz CT molecular complexity index is 1200. The molecule has 0 amide bonds. The van der Waals surface area contributed by atoms with Crippen LogP contribution in [0.1, 0.15) is 6.42 Å². The first kappa shape index (κ1) is 23.5. The van der Waals surface area contributed by atoms with Crippen LogP contribution in [0.3, 0.4) is 0 Å². The van der Waals surface area contributed by atoms with Gasteiger partial charge in [0.05, 0.1) is 0 Å². The second-order valence-corrected chi connectivity index (χ2v) is 10.6. The average Bonchev–Trinajstić information content (AvgIpc) is 2.43. The van der Waals surface area contributed by atoms with Gasteiger partial charge in [0.1, 0.15) is 0 Å². The smallest absolute Gasteiger partial charge is 0.396 e. The third kappa shape index (κ3) is 2.87. The van der Waals surface area contributed by atoms with Gasteiger partial charge in [-0.25, -0.2) is 8.37 Å². The van der Waals surface area contributed by atoms with Crippen molar-refractivity contribution in [2.75, 3.05) is 6.61 Å². The molecule has 0 atom stereocenters. The Labute approximate surface area is 171 Å². The van der Waals surface area contributed by atoms with Gasteiger partial charge in [-0.3, -0.25) is 0 Å². The molecule has 0 unspecified atom stereocenters. The highest BCUT2D eigenvalue weighted by molar-refractivity contribution is 7.84. The Morgan fingerprint density at radius 2 is 0.935 bits per heavy atom. The van der Waals surface area contributed by atoms with E-state index in [4.69, 9.17) is 0 Å². The SMILES string of the molecule is O=S1(=O)OC(CCO)(C2(C3(C4(C(O)(O)O)OS(=O)(=O)O4)OS(=O)(=O)O3)OS(=O)(=O)O2)O1. The lowest BCUT2D eigenvalue weighted by molar-refractivity contribution is -0.572. The molecule has 4 aliphatic rings. The van der Waals surface area contributed by atoms with Gasteiger partial charge in [0.15, 0.2) is 0 Å². The predicted molar refractivity (Wildman–Crippen MR) is 76.4 cm³/mol. The molecule has 0 aromatic rings. The zero-order chi connectivity index (χ0) is 23.6. The highest BCUT2D eigenvalue weighted by atomic mass is 32.3. The first-order valence-corrected chi connectivity index (χ1v) is 12.5. The van der Waals surface area contributed by atoms with Crippen molar-refractivity contribution in [3.8, 4) is 0 Å². The topological polar surface area (TPSA) is 291 Å². The number of aliphatic hydroxyl groups excluding tert-OH is 1. The van der Waals surface area contributed by atoms with E-state index < -0.39 is 83.7 Å². The molecule has 4 fully saturated rings. The van der Waals surface area contributed by atoms with Gasteiger partial charge in [-0.2, -0.15) is 58.8 Å². The Morgan fingerprint density at radius 1 is 0.581 bits per heavy atom. The lowest BCUT2D eigenvalue weighted by Crippen LogP contribution is -2.94. The number of rotatable bonds is 6. The van der Waals surface area contributed by atoms with Crippen molar-refractivity contribution in [3.63, 3.8) is 0 Å². The third-order valence-electron chi connectivity index (χ3n) is 4.04. The Balaban J connectivity index is 1.98. The van der Waals surface area contributed by atoms with E-state index in [1.54, 1.807) is 0 Å². The summed E-state index contributed by atoms with van der Waals surface area (Å²) in [7, 11) is -20.8. The molecule has 20 nitrogen and oxygen atoms in total. The molecule has 180 valence electrons. The maximum atomic E-state index is 11.6. The summed E-state index contributed by atoms with van der Waals surface area (Å²) in [6.45, 7) is -1.15. The van der Waals surface area contributed by atoms with Crippen LogP contribution in [0, 0.1) is 0 Å². The quantitative estimate of drug-likeness (QED) is 0.228. The van der Waals surface area contributed by atoms with Crippen molar-refractivity contribution < 1.29 is 87.6 Å². The molecular formula is C7H8O20S4. The first-order valence-electron chi connectivity index (χ1n) is 7.14. The fourth-order valence-electron chi connectivity index (χ4n) is 3.09. The van der Waals surface area contributed by atoms with E-state index in [-0.39, 0.29) is 0 Å². The second-order valence-electron chi connectivity index (χ2n) is 6.01. The lowest BCUT2D eigenvalue weighted by atomic mass is 9.86. The molecule has 4 heterocycles. The van der Waals surface area contributed by atoms with Crippen LogP contribution in [0.15, 0.2) is 0 Å². The van der Waals surface area contributed by atoms with E-state index in [1.165, 1.54) is 0 Å². The van der Waals surface area contributed by atoms with Gasteiger partial charge in [0.2, 0.25) is 0 Å². The van der Waals surface area contributed by atoms with Crippen molar-refractivity contribution >= 4 is 41.6 Å². The van der Waals surface area contributed by atoms with E-state index >= 15 is 0 Å².